The van der Waals surface area contributed by atoms with Gasteiger partial charge >= 0.3 is 0 Å². The Morgan fingerprint density at radius 3 is 2.71 bits per heavy atom. The second-order valence-corrected chi connectivity index (χ2v) is 6.48. The van der Waals surface area contributed by atoms with Crippen molar-refractivity contribution in [3.8, 4) is 5.75 Å². The van der Waals surface area contributed by atoms with Crippen LogP contribution in [0.25, 0.3) is 0 Å². The predicted octanol–water partition coefficient (Wildman–Crippen LogP) is 3.33. The van der Waals surface area contributed by atoms with Crippen molar-refractivity contribution in [2.45, 2.75) is 46.5 Å². The fourth-order valence-electron chi connectivity index (χ4n) is 2.30. The van der Waals surface area contributed by atoms with E-state index in [-0.39, 0.29) is 5.91 Å². The standard InChI is InChI=1S/C18H29N3O2S/c1-5-6-7-8-13(2)12-19-18(24)21-20-17(22)15-10-9-14(3)16(11-15)23-4/h9-11,13H,5-8,12H2,1-4H3,(H,20,22)(H2,19,21,24)/t13-/m1/s1. The van der Waals surface area contributed by atoms with Crippen LogP contribution in [0.1, 0.15) is 55.5 Å². The quantitative estimate of drug-likeness (QED) is 0.381. The van der Waals surface area contributed by atoms with Gasteiger partial charge in [-0.2, -0.15) is 0 Å². The van der Waals surface area contributed by atoms with Crippen LogP contribution < -0.4 is 20.9 Å². The first-order chi connectivity index (χ1) is 11.5. The molecule has 1 atom stereocenters. The van der Waals surface area contributed by atoms with Gasteiger partial charge in [-0.3, -0.25) is 15.6 Å². The summed E-state index contributed by atoms with van der Waals surface area (Å²) in [6.07, 6.45) is 4.92. The molecule has 0 aromatic heterocycles. The van der Waals surface area contributed by atoms with E-state index < -0.39 is 0 Å². The number of hydrogen-bond donors (Lipinski definition) is 3. The molecule has 0 spiro atoms. The summed E-state index contributed by atoms with van der Waals surface area (Å²) >= 11 is 5.18. The van der Waals surface area contributed by atoms with Crippen molar-refractivity contribution >= 4 is 23.2 Å². The average molecular weight is 352 g/mol. The summed E-state index contributed by atoms with van der Waals surface area (Å²) in [6, 6.07) is 5.31. The first-order valence-electron chi connectivity index (χ1n) is 8.46. The zero-order valence-corrected chi connectivity index (χ0v) is 15.9. The van der Waals surface area contributed by atoms with Gasteiger partial charge in [-0.05, 0) is 49.2 Å². The molecular formula is C18H29N3O2S. The summed E-state index contributed by atoms with van der Waals surface area (Å²) in [5.41, 5.74) is 6.83. The maximum Gasteiger partial charge on any atom is 0.269 e. The van der Waals surface area contributed by atoms with E-state index >= 15 is 0 Å². The van der Waals surface area contributed by atoms with Crippen LogP contribution in [0, 0.1) is 12.8 Å². The van der Waals surface area contributed by atoms with E-state index in [4.69, 9.17) is 17.0 Å². The summed E-state index contributed by atoms with van der Waals surface area (Å²) < 4.78 is 5.23. The molecule has 0 aliphatic carbocycles. The number of nitrogens with one attached hydrogen (secondary N) is 3. The molecule has 1 amide bonds. The van der Waals surface area contributed by atoms with Gasteiger partial charge in [0, 0.05) is 12.1 Å². The van der Waals surface area contributed by atoms with Crippen molar-refractivity contribution in [2.75, 3.05) is 13.7 Å². The Morgan fingerprint density at radius 1 is 1.29 bits per heavy atom. The normalized spacial score (nSPS) is 11.5. The van der Waals surface area contributed by atoms with Crippen LogP contribution in [0.2, 0.25) is 0 Å². The molecule has 6 heteroatoms. The van der Waals surface area contributed by atoms with Gasteiger partial charge in [0.2, 0.25) is 0 Å². The van der Waals surface area contributed by atoms with Crippen LogP contribution in [-0.2, 0) is 0 Å². The van der Waals surface area contributed by atoms with Crippen molar-refractivity contribution in [1.29, 1.82) is 0 Å². The smallest absolute Gasteiger partial charge is 0.269 e. The molecule has 0 unspecified atom stereocenters. The lowest BCUT2D eigenvalue weighted by Crippen LogP contribution is -2.47. The van der Waals surface area contributed by atoms with Gasteiger partial charge in [0.15, 0.2) is 5.11 Å². The molecular weight excluding hydrogens is 322 g/mol. The number of unbranched alkanes of at least 4 members (excludes halogenated alkanes) is 2. The first-order valence-corrected chi connectivity index (χ1v) is 8.87. The maximum atomic E-state index is 12.1. The Balaban J connectivity index is 2.34. The van der Waals surface area contributed by atoms with Gasteiger partial charge < -0.3 is 10.1 Å². The van der Waals surface area contributed by atoms with E-state index in [9.17, 15) is 4.79 Å². The Morgan fingerprint density at radius 2 is 2.04 bits per heavy atom. The lowest BCUT2D eigenvalue weighted by atomic mass is 10.0. The van der Waals surface area contributed by atoms with Crippen LogP contribution in [0.15, 0.2) is 18.2 Å². The van der Waals surface area contributed by atoms with E-state index in [1.165, 1.54) is 25.7 Å². The molecule has 0 radical (unpaired) electrons. The minimum absolute atomic E-state index is 0.256. The van der Waals surface area contributed by atoms with Gasteiger partial charge in [0.1, 0.15) is 5.75 Å². The van der Waals surface area contributed by atoms with Gasteiger partial charge in [-0.15, -0.1) is 0 Å². The lowest BCUT2D eigenvalue weighted by Gasteiger charge is -2.15. The van der Waals surface area contributed by atoms with Crippen molar-refractivity contribution in [1.82, 2.24) is 16.2 Å². The molecule has 0 aliphatic rings. The number of carbonyl (C=O) groups excluding carboxylic acids is 1. The predicted molar refractivity (Wildman–Crippen MR) is 102 cm³/mol. The Bertz CT molecular complexity index is 549. The molecule has 0 aliphatic heterocycles. The highest BCUT2D eigenvalue weighted by Crippen LogP contribution is 2.18. The molecule has 1 aromatic rings. The van der Waals surface area contributed by atoms with Crippen molar-refractivity contribution in [2.24, 2.45) is 5.92 Å². The Kier molecular flexibility index (Phi) is 9.15. The zero-order valence-electron chi connectivity index (χ0n) is 15.1. The molecule has 24 heavy (non-hydrogen) atoms. The zero-order chi connectivity index (χ0) is 17.9. The summed E-state index contributed by atoms with van der Waals surface area (Å²) in [6.45, 7) is 7.12. The molecule has 0 saturated heterocycles. The van der Waals surface area contributed by atoms with Gasteiger partial charge in [0.25, 0.3) is 5.91 Å². The van der Waals surface area contributed by atoms with E-state index in [0.717, 1.165) is 12.1 Å². The van der Waals surface area contributed by atoms with Crippen LogP contribution in [-0.4, -0.2) is 24.7 Å². The molecule has 1 rings (SSSR count). The lowest BCUT2D eigenvalue weighted by molar-refractivity contribution is 0.0943. The van der Waals surface area contributed by atoms with Gasteiger partial charge in [-0.1, -0.05) is 39.2 Å². The highest BCUT2D eigenvalue weighted by molar-refractivity contribution is 7.80. The maximum absolute atomic E-state index is 12.1. The van der Waals surface area contributed by atoms with E-state index in [0.29, 0.717) is 22.3 Å². The molecule has 0 heterocycles. The van der Waals surface area contributed by atoms with Crippen LogP contribution in [0.4, 0.5) is 0 Å². The molecule has 0 bridgehead atoms. The fraction of sp³-hybridized carbons (Fsp3) is 0.556. The third-order valence-corrected chi connectivity index (χ3v) is 4.12. The Labute approximate surface area is 150 Å². The summed E-state index contributed by atoms with van der Waals surface area (Å²) in [5, 5.41) is 3.55. The number of carbonyl (C=O) groups is 1. The number of hydrazine groups is 1. The second kappa shape index (κ2) is 10.9. The SMILES string of the molecule is CCCCC[C@@H](C)CNC(=S)NNC(=O)c1ccc(C)c(OC)c1. The summed E-state index contributed by atoms with van der Waals surface area (Å²) in [4.78, 5) is 12.1. The van der Waals surface area contributed by atoms with Gasteiger partial charge in [-0.25, -0.2) is 0 Å². The molecule has 0 fully saturated rings. The minimum Gasteiger partial charge on any atom is -0.496 e. The summed E-state index contributed by atoms with van der Waals surface area (Å²) in [5.74, 6) is 0.978. The third-order valence-electron chi connectivity index (χ3n) is 3.87. The molecule has 134 valence electrons. The van der Waals surface area contributed by atoms with E-state index in [1.54, 1.807) is 19.2 Å². The number of amides is 1. The number of thiocarbonyl (C=S) groups is 1. The average Bonchev–Trinajstić information content (AvgIpc) is 2.58. The van der Waals surface area contributed by atoms with E-state index in [1.807, 2.05) is 13.0 Å². The second-order valence-electron chi connectivity index (χ2n) is 6.07. The topological polar surface area (TPSA) is 62.4 Å². The first kappa shape index (κ1) is 20.2. The molecule has 1 aromatic carbocycles. The largest absolute Gasteiger partial charge is 0.496 e. The van der Waals surface area contributed by atoms with Crippen LogP contribution in [0.3, 0.4) is 0 Å². The monoisotopic (exact) mass is 351 g/mol. The van der Waals surface area contributed by atoms with Crippen LogP contribution >= 0.6 is 12.2 Å². The molecule has 5 nitrogen and oxygen atoms in total. The van der Waals surface area contributed by atoms with Crippen molar-refractivity contribution in [3.05, 3.63) is 29.3 Å². The number of aryl methyl sites for hydroxylation is 1. The minimum atomic E-state index is -0.256. The number of benzene rings is 1. The van der Waals surface area contributed by atoms with Gasteiger partial charge in [0.05, 0.1) is 7.11 Å². The van der Waals surface area contributed by atoms with Crippen molar-refractivity contribution < 1.29 is 9.53 Å². The molecule has 3 N–H and O–H groups in total. The van der Waals surface area contributed by atoms with Crippen molar-refractivity contribution in [3.63, 3.8) is 0 Å². The number of hydrogen-bond acceptors (Lipinski definition) is 3. The third kappa shape index (κ3) is 7.17. The Hall–Kier alpha value is -1.82. The number of ether oxygens (including phenoxy) is 1. The summed E-state index contributed by atoms with van der Waals surface area (Å²) in [7, 11) is 1.59. The number of rotatable bonds is 8. The highest BCUT2D eigenvalue weighted by atomic mass is 32.1. The number of methoxy groups -OCH3 is 1. The molecule has 0 saturated carbocycles. The highest BCUT2D eigenvalue weighted by Gasteiger charge is 2.09. The fourth-order valence-corrected chi connectivity index (χ4v) is 2.44. The van der Waals surface area contributed by atoms with Crippen LogP contribution in [0.5, 0.6) is 5.75 Å². The van der Waals surface area contributed by atoms with E-state index in [2.05, 4.69) is 30.0 Å².